The van der Waals surface area contributed by atoms with Crippen molar-refractivity contribution in [1.29, 1.82) is 0 Å². The van der Waals surface area contributed by atoms with Crippen molar-refractivity contribution in [2.45, 2.75) is 13.1 Å². The zero-order chi connectivity index (χ0) is 52.9. The summed E-state index contributed by atoms with van der Waals surface area (Å²) < 4.78 is 294. The molecule has 0 N–H and O–H groups in total. The molecule has 0 aromatic heterocycles. The van der Waals surface area contributed by atoms with Gasteiger partial charge in [0.1, 0.15) is 75.9 Å². The van der Waals surface area contributed by atoms with Crippen molar-refractivity contribution in [3.63, 3.8) is 0 Å². The van der Waals surface area contributed by atoms with Gasteiger partial charge >= 0.3 is 0 Å². The number of halogens is 20. The van der Waals surface area contributed by atoms with Crippen molar-refractivity contribution in [2.24, 2.45) is 0 Å². The number of aryl methyl sites for hydroxylation is 1. The second-order valence-electron chi connectivity index (χ2n) is 15.8. The van der Waals surface area contributed by atoms with Gasteiger partial charge in [-0.15, -0.1) is 21.9 Å². The lowest BCUT2D eigenvalue weighted by atomic mass is 9.12. The highest BCUT2D eigenvalue weighted by molar-refractivity contribution is 7.95. The Hall–Kier alpha value is -7.15. The molecule has 8 aromatic rings. The summed E-state index contributed by atoms with van der Waals surface area (Å²) in [5, 5.41) is 4.30. The van der Waals surface area contributed by atoms with Gasteiger partial charge in [-0.2, -0.15) is 0 Å². The third-order valence-electron chi connectivity index (χ3n) is 11.8. The Bertz CT molecular complexity index is 2900. The molecule has 0 aliphatic carbocycles. The van der Waals surface area contributed by atoms with Gasteiger partial charge in [-0.3, -0.25) is 0 Å². The molecule has 8 aromatic carbocycles. The highest BCUT2D eigenvalue weighted by Crippen LogP contribution is 2.58. The quantitative estimate of drug-likeness (QED) is 0.0444. The molecule has 0 radical (unpaired) electrons. The maximum Gasteiger partial charge on any atom is 0.200 e. The van der Waals surface area contributed by atoms with Gasteiger partial charge in [0.05, 0.1) is 6.16 Å². The molecule has 0 heterocycles. The van der Waals surface area contributed by atoms with E-state index in [1.165, 1.54) is 27.0 Å². The van der Waals surface area contributed by atoms with Crippen LogP contribution in [0.4, 0.5) is 87.8 Å². The first kappa shape index (κ1) is 52.7. The number of benzene rings is 8. The molecule has 0 amide bonds. The van der Waals surface area contributed by atoms with Crippen LogP contribution in [0.2, 0.25) is 0 Å². The van der Waals surface area contributed by atoms with E-state index in [9.17, 15) is 52.7 Å². The normalized spacial score (nSPS) is 11.7. The fourth-order valence-corrected chi connectivity index (χ4v) is 12.9. The van der Waals surface area contributed by atoms with E-state index in [2.05, 4.69) is 122 Å². The van der Waals surface area contributed by atoms with Gasteiger partial charge in [-0.05, 0) is 48.9 Å². The van der Waals surface area contributed by atoms with E-state index in [4.69, 9.17) is 0 Å². The maximum absolute atomic E-state index is 15.4. The Morgan fingerprint density at radius 2 is 0.458 bits per heavy atom. The van der Waals surface area contributed by atoms with E-state index in [1.54, 1.807) is 0 Å². The molecule has 0 bridgehead atoms. The van der Waals surface area contributed by atoms with Crippen LogP contribution in [0, 0.1) is 123 Å². The van der Waals surface area contributed by atoms with Gasteiger partial charge in [0.25, 0.3) is 0 Å². The van der Waals surface area contributed by atoms with E-state index < -0.39 is 152 Å². The van der Waals surface area contributed by atoms with E-state index >= 15 is 35.1 Å². The highest BCUT2D eigenvalue weighted by atomic mass is 31.2. The SMILES string of the molecule is Cc1ccc(C[P+](c2ccccc2)(c2ccccc2)c2ccccc2)cc1.Fc1c(F)c(F)c([B-](c2c(F)c(F)c(F)c(F)c2F)(c2c(F)c(F)c(F)c(F)c2F)c2c(F)c(F)c(F)c(F)c2F)c(F)c1F. The van der Waals surface area contributed by atoms with Crippen LogP contribution in [0.1, 0.15) is 11.1 Å². The van der Waals surface area contributed by atoms with Crippen LogP contribution in [0.25, 0.3) is 0 Å². The second-order valence-corrected chi connectivity index (χ2v) is 19.2. The Balaban J connectivity index is 0.000000238. The van der Waals surface area contributed by atoms with Crippen molar-refractivity contribution >= 4 is 51.2 Å². The predicted molar refractivity (Wildman–Crippen MR) is 229 cm³/mol. The predicted octanol–water partition coefficient (Wildman–Crippen LogP) is 11.3. The minimum atomic E-state index is -7.22. The molecule has 8 rings (SSSR count). The van der Waals surface area contributed by atoms with Crippen LogP contribution in [-0.2, 0) is 6.16 Å². The van der Waals surface area contributed by atoms with Crippen molar-refractivity contribution in [3.05, 3.63) is 243 Å². The summed E-state index contributed by atoms with van der Waals surface area (Å²) >= 11 is 0. The van der Waals surface area contributed by atoms with Crippen molar-refractivity contribution in [3.8, 4) is 0 Å². The number of hydrogen-bond donors (Lipinski definition) is 0. The summed E-state index contributed by atoms with van der Waals surface area (Å²) in [5.41, 5.74) is -11.6. The standard InChI is InChI=1S/C26H24P.C24BF20/c1-22-17-19-23(20-18-22)21-27(24-11-5-2-6-12-24,25-13-7-3-8-14-25)26-15-9-4-10-16-26;26-5-1(6(27)14(35)21(42)13(5)34)25(2-7(28)15(36)22(43)16(37)8(2)29,3-9(30)17(38)23(44)18(39)10(3)31)4-11(32)19(40)24(45)20(41)12(4)33/h2-20H,21H2,1H3;/q+1;-1. The lowest BCUT2D eigenvalue weighted by Crippen LogP contribution is -2.81. The molecular weight excluding hydrogens is 1020 g/mol. The third kappa shape index (κ3) is 8.34. The van der Waals surface area contributed by atoms with Gasteiger partial charge in [-0.1, -0.05) is 84.4 Å². The fraction of sp³-hybridized carbons (Fsp3) is 0.0400. The summed E-state index contributed by atoms with van der Waals surface area (Å²) in [5.74, 6) is -71.4. The second kappa shape index (κ2) is 20.2. The molecule has 72 heavy (non-hydrogen) atoms. The molecule has 0 fully saturated rings. The number of rotatable bonds is 9. The van der Waals surface area contributed by atoms with Gasteiger partial charge in [0, 0.05) is 0 Å². The van der Waals surface area contributed by atoms with Crippen LogP contribution >= 0.6 is 7.26 Å². The van der Waals surface area contributed by atoms with Crippen LogP contribution in [-0.4, -0.2) is 6.15 Å². The molecule has 0 saturated heterocycles. The smallest absolute Gasteiger partial charge is 0.200 e. The third-order valence-corrected chi connectivity index (χ3v) is 16.2. The molecule has 0 unspecified atom stereocenters. The first-order valence-corrected chi connectivity index (χ1v) is 22.3. The van der Waals surface area contributed by atoms with Crippen LogP contribution in [0.15, 0.2) is 115 Å². The lowest BCUT2D eigenvalue weighted by molar-refractivity contribution is 0.378. The molecule has 0 saturated carbocycles. The minimum Gasteiger partial charge on any atom is -0.207 e. The highest BCUT2D eigenvalue weighted by Gasteiger charge is 2.52. The van der Waals surface area contributed by atoms with E-state index in [-0.39, 0.29) is 0 Å². The minimum absolute atomic E-state index is 1.03. The van der Waals surface area contributed by atoms with Crippen LogP contribution in [0.3, 0.4) is 0 Å². The van der Waals surface area contributed by atoms with E-state index in [1.807, 2.05) is 0 Å². The van der Waals surface area contributed by atoms with Crippen molar-refractivity contribution in [1.82, 2.24) is 0 Å². The Labute approximate surface area is 394 Å². The summed E-state index contributed by atoms with van der Waals surface area (Å²) in [6.45, 7) is 2.15. The molecule has 0 nitrogen and oxygen atoms in total. The van der Waals surface area contributed by atoms with Gasteiger partial charge in [-0.25, -0.2) is 87.8 Å². The van der Waals surface area contributed by atoms with E-state index in [0.717, 1.165) is 6.16 Å². The largest absolute Gasteiger partial charge is 0.207 e. The monoisotopic (exact) mass is 1050 g/mol. The van der Waals surface area contributed by atoms with E-state index in [0.29, 0.717) is 0 Å². The molecule has 0 spiro atoms. The molecule has 0 aliphatic rings. The lowest BCUT2D eigenvalue weighted by Gasteiger charge is -2.44. The van der Waals surface area contributed by atoms with Crippen molar-refractivity contribution in [2.75, 3.05) is 0 Å². The average Bonchev–Trinajstić information content (AvgIpc) is 3.39. The number of hydrogen-bond acceptors (Lipinski definition) is 0. The fourth-order valence-electron chi connectivity index (χ4n) is 8.61. The molecular formula is C50H24BF20P. The first-order valence-electron chi connectivity index (χ1n) is 20.3. The average molecular weight is 1050 g/mol. The zero-order valence-corrected chi connectivity index (χ0v) is 36.7. The van der Waals surface area contributed by atoms with Gasteiger partial charge in [0.15, 0.2) is 69.8 Å². The summed E-state index contributed by atoms with van der Waals surface area (Å²) in [4.78, 5) is 0. The first-order chi connectivity index (χ1) is 34.0. The zero-order valence-electron chi connectivity index (χ0n) is 35.8. The van der Waals surface area contributed by atoms with Crippen LogP contribution < -0.4 is 37.8 Å². The van der Waals surface area contributed by atoms with Gasteiger partial charge in [0.2, 0.25) is 0 Å². The Morgan fingerprint density at radius 1 is 0.264 bits per heavy atom. The molecule has 372 valence electrons. The topological polar surface area (TPSA) is 0 Å². The summed E-state index contributed by atoms with van der Waals surface area (Å²) in [6.07, 6.45) is -6.18. The summed E-state index contributed by atoms with van der Waals surface area (Å²) in [7, 11) is -1.79. The van der Waals surface area contributed by atoms with Crippen LogP contribution in [0.5, 0.6) is 0 Å². The molecule has 22 heteroatoms. The summed E-state index contributed by atoms with van der Waals surface area (Å²) in [6, 6.07) is 42.2. The van der Waals surface area contributed by atoms with Crippen molar-refractivity contribution < 1.29 is 87.8 Å². The molecule has 0 atom stereocenters. The maximum atomic E-state index is 15.4. The van der Waals surface area contributed by atoms with Gasteiger partial charge < -0.3 is 0 Å². The Kier molecular flexibility index (Phi) is 14.8. The molecule has 0 aliphatic heterocycles. The Morgan fingerprint density at radius 3 is 0.667 bits per heavy atom.